The molecule has 7 nitrogen and oxygen atoms in total. The highest BCUT2D eigenvalue weighted by Crippen LogP contribution is 2.23. The molecule has 6 atom stereocenters. The van der Waals surface area contributed by atoms with Crippen LogP contribution < -0.4 is 0 Å². The number of aliphatic hydroxyl groups is 5. The Labute approximate surface area is 134 Å². The van der Waals surface area contributed by atoms with Gasteiger partial charge in [0, 0.05) is 0 Å². The summed E-state index contributed by atoms with van der Waals surface area (Å²) in [5.41, 5.74) is 1.75. The lowest BCUT2D eigenvalue weighted by atomic mass is 9.99. The maximum Gasteiger partial charge on any atom is 0.186 e. The number of ether oxygens (including phenoxy) is 2. The average Bonchev–Trinajstić information content (AvgIpc) is 2.59. The first-order valence-electron chi connectivity index (χ1n) is 7.67. The van der Waals surface area contributed by atoms with E-state index in [1.807, 2.05) is 25.1 Å². The maximum absolute atomic E-state index is 10.2. The molecule has 1 saturated heterocycles. The van der Waals surface area contributed by atoms with Gasteiger partial charge in [-0.3, -0.25) is 0 Å². The smallest absolute Gasteiger partial charge is 0.186 e. The molecule has 1 aliphatic heterocycles. The zero-order valence-corrected chi connectivity index (χ0v) is 12.9. The Morgan fingerprint density at radius 2 is 1.91 bits per heavy atom. The van der Waals surface area contributed by atoms with Crippen molar-refractivity contribution in [1.82, 2.24) is 0 Å². The highest BCUT2D eigenvalue weighted by atomic mass is 16.7. The lowest BCUT2D eigenvalue weighted by Gasteiger charge is -2.39. The molecule has 130 valence electrons. The van der Waals surface area contributed by atoms with E-state index in [4.69, 9.17) is 14.6 Å². The third kappa shape index (κ3) is 4.27. The van der Waals surface area contributed by atoms with Crippen LogP contribution in [0.2, 0.25) is 0 Å². The van der Waals surface area contributed by atoms with Crippen LogP contribution >= 0.6 is 0 Å². The second-order valence-electron chi connectivity index (χ2n) is 5.64. The SMILES string of the molecule is CCc1cccc(C(O)COC2OC(CO)C(O)C(O)C2O)c1. The molecule has 1 aromatic rings. The Morgan fingerprint density at radius 1 is 1.17 bits per heavy atom. The first-order valence-corrected chi connectivity index (χ1v) is 7.67. The van der Waals surface area contributed by atoms with E-state index in [0.717, 1.165) is 12.0 Å². The third-order valence-electron chi connectivity index (χ3n) is 4.01. The molecule has 6 unspecified atom stereocenters. The molecule has 0 aliphatic carbocycles. The summed E-state index contributed by atoms with van der Waals surface area (Å²) in [4.78, 5) is 0. The third-order valence-corrected chi connectivity index (χ3v) is 4.01. The minimum atomic E-state index is -1.49. The summed E-state index contributed by atoms with van der Waals surface area (Å²) in [6.45, 7) is 1.33. The minimum absolute atomic E-state index is 0.157. The molecule has 23 heavy (non-hydrogen) atoms. The molecule has 0 bridgehead atoms. The van der Waals surface area contributed by atoms with E-state index in [0.29, 0.717) is 5.56 Å². The van der Waals surface area contributed by atoms with Gasteiger partial charge < -0.3 is 35.0 Å². The molecule has 0 spiro atoms. The van der Waals surface area contributed by atoms with Gasteiger partial charge in [-0.25, -0.2) is 0 Å². The topological polar surface area (TPSA) is 120 Å². The van der Waals surface area contributed by atoms with Crippen LogP contribution in [0.4, 0.5) is 0 Å². The Hall–Kier alpha value is -1.06. The van der Waals surface area contributed by atoms with Gasteiger partial charge in [0.25, 0.3) is 0 Å². The van der Waals surface area contributed by atoms with Crippen LogP contribution in [0.25, 0.3) is 0 Å². The Morgan fingerprint density at radius 3 is 2.57 bits per heavy atom. The highest BCUT2D eigenvalue weighted by molar-refractivity contribution is 5.25. The molecule has 1 aliphatic rings. The Kier molecular flexibility index (Phi) is 6.49. The van der Waals surface area contributed by atoms with Gasteiger partial charge in [0.2, 0.25) is 0 Å². The predicted octanol–water partition coefficient (Wildman–Crippen LogP) is -0.901. The van der Waals surface area contributed by atoms with Crippen molar-refractivity contribution in [3.63, 3.8) is 0 Å². The summed E-state index contributed by atoms with van der Waals surface area (Å²) in [6.07, 6.45) is -6.74. The van der Waals surface area contributed by atoms with Crippen LogP contribution in [-0.2, 0) is 15.9 Å². The number of aliphatic hydroxyl groups excluding tert-OH is 5. The predicted molar refractivity (Wildman–Crippen MR) is 80.5 cm³/mol. The molecule has 0 aromatic heterocycles. The van der Waals surface area contributed by atoms with Crippen LogP contribution in [0.3, 0.4) is 0 Å². The van der Waals surface area contributed by atoms with Crippen molar-refractivity contribution in [2.24, 2.45) is 0 Å². The van der Waals surface area contributed by atoms with Gasteiger partial charge in [-0.05, 0) is 17.5 Å². The molecular weight excluding hydrogens is 304 g/mol. The van der Waals surface area contributed by atoms with Gasteiger partial charge in [-0.15, -0.1) is 0 Å². The summed E-state index contributed by atoms with van der Waals surface area (Å²) >= 11 is 0. The molecule has 1 heterocycles. The van der Waals surface area contributed by atoms with Gasteiger partial charge in [-0.1, -0.05) is 31.2 Å². The van der Waals surface area contributed by atoms with Crippen molar-refractivity contribution >= 4 is 0 Å². The second-order valence-corrected chi connectivity index (χ2v) is 5.64. The summed E-state index contributed by atoms with van der Waals surface area (Å²) in [5, 5.41) is 48.5. The van der Waals surface area contributed by atoms with E-state index >= 15 is 0 Å². The van der Waals surface area contributed by atoms with Crippen molar-refractivity contribution < 1.29 is 35.0 Å². The van der Waals surface area contributed by atoms with Crippen molar-refractivity contribution in [3.05, 3.63) is 35.4 Å². The van der Waals surface area contributed by atoms with Gasteiger partial charge in [0.1, 0.15) is 30.5 Å². The fourth-order valence-corrected chi connectivity index (χ4v) is 2.51. The first kappa shape index (κ1) is 18.3. The number of hydrogen-bond donors (Lipinski definition) is 5. The van der Waals surface area contributed by atoms with Gasteiger partial charge in [-0.2, -0.15) is 0 Å². The van der Waals surface area contributed by atoms with Gasteiger partial charge >= 0.3 is 0 Å². The van der Waals surface area contributed by atoms with Crippen LogP contribution in [0.1, 0.15) is 24.2 Å². The number of rotatable bonds is 6. The summed E-state index contributed by atoms with van der Waals surface area (Å²) in [7, 11) is 0. The highest BCUT2D eigenvalue weighted by Gasteiger charge is 2.44. The molecule has 0 amide bonds. The van der Waals surface area contributed by atoms with E-state index in [1.54, 1.807) is 6.07 Å². The van der Waals surface area contributed by atoms with Gasteiger partial charge in [0.15, 0.2) is 6.29 Å². The summed E-state index contributed by atoms with van der Waals surface area (Å²) in [5.74, 6) is 0. The molecule has 1 aromatic carbocycles. The fraction of sp³-hybridized carbons (Fsp3) is 0.625. The van der Waals surface area contributed by atoms with E-state index in [9.17, 15) is 20.4 Å². The molecular formula is C16H24O7. The molecule has 0 saturated carbocycles. The summed E-state index contributed by atoms with van der Waals surface area (Å²) < 4.78 is 10.5. The Balaban J connectivity index is 1.96. The zero-order chi connectivity index (χ0) is 17.0. The molecule has 7 heteroatoms. The van der Waals surface area contributed by atoms with Gasteiger partial charge in [0.05, 0.1) is 13.2 Å². The first-order chi connectivity index (χ1) is 11.0. The van der Waals surface area contributed by atoms with Crippen molar-refractivity contribution in [2.75, 3.05) is 13.2 Å². The summed E-state index contributed by atoms with van der Waals surface area (Å²) in [6, 6.07) is 7.42. The lowest BCUT2D eigenvalue weighted by Crippen LogP contribution is -2.59. The maximum atomic E-state index is 10.2. The van der Waals surface area contributed by atoms with Crippen LogP contribution in [0, 0.1) is 0 Å². The molecule has 0 radical (unpaired) electrons. The van der Waals surface area contributed by atoms with E-state index in [-0.39, 0.29) is 6.61 Å². The normalized spacial score (nSPS) is 32.7. The number of benzene rings is 1. The van der Waals surface area contributed by atoms with Crippen LogP contribution in [0.5, 0.6) is 0 Å². The largest absolute Gasteiger partial charge is 0.394 e. The quantitative estimate of drug-likeness (QED) is 0.459. The number of hydrogen-bond acceptors (Lipinski definition) is 7. The molecule has 5 N–H and O–H groups in total. The van der Waals surface area contributed by atoms with Crippen LogP contribution in [0.15, 0.2) is 24.3 Å². The van der Waals surface area contributed by atoms with Crippen molar-refractivity contribution in [1.29, 1.82) is 0 Å². The Bertz CT molecular complexity index is 493. The van der Waals surface area contributed by atoms with E-state index in [2.05, 4.69) is 0 Å². The monoisotopic (exact) mass is 328 g/mol. The zero-order valence-electron chi connectivity index (χ0n) is 12.9. The average molecular weight is 328 g/mol. The molecule has 2 rings (SSSR count). The standard InChI is InChI=1S/C16H24O7/c1-2-9-4-3-5-10(6-9)11(18)8-22-16-15(21)14(20)13(19)12(7-17)23-16/h3-6,11-21H,2,7-8H2,1H3. The second kappa shape index (κ2) is 8.16. The van der Waals surface area contributed by atoms with E-state index < -0.39 is 43.4 Å². The van der Waals surface area contributed by atoms with Crippen LogP contribution in [-0.4, -0.2) is 69.5 Å². The minimum Gasteiger partial charge on any atom is -0.394 e. The molecule has 1 fully saturated rings. The van der Waals surface area contributed by atoms with E-state index in [1.165, 1.54) is 0 Å². The fourth-order valence-electron chi connectivity index (χ4n) is 2.51. The lowest BCUT2D eigenvalue weighted by molar-refractivity contribution is -0.304. The number of aryl methyl sites for hydroxylation is 1. The van der Waals surface area contributed by atoms with Crippen molar-refractivity contribution in [2.45, 2.75) is 50.2 Å². The van der Waals surface area contributed by atoms with Crippen molar-refractivity contribution in [3.8, 4) is 0 Å².